The number of benzene rings is 2. The Labute approximate surface area is 174 Å². The molecule has 0 aliphatic heterocycles. The van der Waals surface area contributed by atoms with Gasteiger partial charge in [0, 0.05) is 17.5 Å². The van der Waals surface area contributed by atoms with Crippen molar-refractivity contribution >= 4 is 11.0 Å². The zero-order valence-electron chi connectivity index (χ0n) is 17.0. The van der Waals surface area contributed by atoms with Gasteiger partial charge in [-0.1, -0.05) is 35.9 Å². The van der Waals surface area contributed by atoms with Crippen molar-refractivity contribution < 1.29 is 19.7 Å². The lowest BCUT2D eigenvalue weighted by molar-refractivity contribution is 0.425. The number of phenols is 3. The fourth-order valence-corrected chi connectivity index (χ4v) is 4.36. The first-order chi connectivity index (χ1) is 14.3. The first-order valence-electron chi connectivity index (χ1n) is 9.90. The summed E-state index contributed by atoms with van der Waals surface area (Å²) < 4.78 is 5.88. The molecule has 0 amide bonds. The standard InChI is InChI=1S/C25H24O5/c1-13(2)17-9-4-14(3)10-18(17)22-20(27)11-21(28)23-24(29)19(12-30-25(22)23)15-5-7-16(26)8-6-15/h5-8,10-12,17-18,26-28H,1,4,9H2,2-3H3. The highest BCUT2D eigenvalue weighted by atomic mass is 16.3. The molecule has 3 N–H and O–H groups in total. The van der Waals surface area contributed by atoms with Crippen LogP contribution >= 0.6 is 0 Å². The molecule has 0 saturated carbocycles. The molecule has 1 aromatic heterocycles. The second kappa shape index (κ2) is 7.41. The van der Waals surface area contributed by atoms with Gasteiger partial charge in [0.05, 0.1) is 5.56 Å². The van der Waals surface area contributed by atoms with E-state index in [0.717, 1.165) is 18.4 Å². The van der Waals surface area contributed by atoms with Crippen molar-refractivity contribution in [3.8, 4) is 28.4 Å². The van der Waals surface area contributed by atoms with E-state index < -0.39 is 5.43 Å². The molecule has 1 heterocycles. The van der Waals surface area contributed by atoms with Crippen molar-refractivity contribution in [2.45, 2.75) is 32.6 Å². The summed E-state index contributed by atoms with van der Waals surface area (Å²) in [5.74, 6) is -0.465. The van der Waals surface area contributed by atoms with Crippen molar-refractivity contribution in [3.63, 3.8) is 0 Å². The van der Waals surface area contributed by atoms with Crippen LogP contribution in [-0.2, 0) is 0 Å². The summed E-state index contributed by atoms with van der Waals surface area (Å²) >= 11 is 0. The van der Waals surface area contributed by atoms with Crippen LogP contribution in [0.3, 0.4) is 0 Å². The van der Waals surface area contributed by atoms with E-state index >= 15 is 0 Å². The zero-order chi connectivity index (χ0) is 21.6. The van der Waals surface area contributed by atoms with E-state index in [1.165, 1.54) is 30.0 Å². The molecule has 1 aliphatic carbocycles. The molecule has 5 heteroatoms. The maximum Gasteiger partial charge on any atom is 0.204 e. The predicted molar refractivity (Wildman–Crippen MR) is 117 cm³/mol. The van der Waals surface area contributed by atoms with E-state index in [1.54, 1.807) is 12.1 Å². The molecule has 0 fully saturated rings. The number of fused-ring (bicyclic) bond motifs is 1. The van der Waals surface area contributed by atoms with Crippen molar-refractivity contribution in [2.24, 2.45) is 5.92 Å². The largest absolute Gasteiger partial charge is 0.508 e. The number of phenolic OH excluding ortho intramolecular Hbond substituents is 3. The van der Waals surface area contributed by atoms with Crippen LogP contribution in [0, 0.1) is 5.92 Å². The van der Waals surface area contributed by atoms with Gasteiger partial charge in [0.1, 0.15) is 34.5 Å². The Bertz CT molecular complexity index is 1230. The highest BCUT2D eigenvalue weighted by molar-refractivity contribution is 5.91. The summed E-state index contributed by atoms with van der Waals surface area (Å²) in [6.07, 6.45) is 5.26. The molecule has 2 atom stereocenters. The van der Waals surface area contributed by atoms with Gasteiger partial charge in [-0.05, 0) is 50.3 Å². The van der Waals surface area contributed by atoms with E-state index in [0.29, 0.717) is 11.1 Å². The summed E-state index contributed by atoms with van der Waals surface area (Å²) in [6.45, 7) is 8.12. The zero-order valence-corrected chi connectivity index (χ0v) is 17.0. The quantitative estimate of drug-likeness (QED) is 0.495. The van der Waals surface area contributed by atoms with Crippen molar-refractivity contribution in [1.29, 1.82) is 0 Å². The number of hydrogen-bond donors (Lipinski definition) is 3. The Morgan fingerprint density at radius 1 is 1.13 bits per heavy atom. The average Bonchev–Trinajstić information content (AvgIpc) is 2.68. The summed E-state index contributed by atoms with van der Waals surface area (Å²) in [6, 6.07) is 7.39. The van der Waals surface area contributed by atoms with E-state index in [-0.39, 0.29) is 45.6 Å². The minimum Gasteiger partial charge on any atom is -0.508 e. The van der Waals surface area contributed by atoms with E-state index in [4.69, 9.17) is 4.42 Å². The number of allylic oxidation sites excluding steroid dienone is 3. The SMILES string of the molecule is C=C(C)C1CCC(C)=CC1c1c(O)cc(O)c2c(=O)c(-c3ccc(O)cc3)coc12. The van der Waals surface area contributed by atoms with E-state index in [9.17, 15) is 20.1 Å². The molecule has 154 valence electrons. The smallest absolute Gasteiger partial charge is 0.204 e. The van der Waals surface area contributed by atoms with E-state index in [1.807, 2.05) is 13.8 Å². The highest BCUT2D eigenvalue weighted by Gasteiger charge is 2.31. The summed E-state index contributed by atoms with van der Waals surface area (Å²) in [4.78, 5) is 13.3. The highest BCUT2D eigenvalue weighted by Crippen LogP contribution is 2.47. The van der Waals surface area contributed by atoms with E-state index in [2.05, 4.69) is 12.7 Å². The number of aromatic hydroxyl groups is 3. The van der Waals surface area contributed by atoms with Crippen LogP contribution in [0.5, 0.6) is 17.2 Å². The molecule has 0 saturated heterocycles. The van der Waals surface area contributed by atoms with Gasteiger partial charge >= 0.3 is 0 Å². The van der Waals surface area contributed by atoms with Crippen molar-refractivity contribution in [3.05, 3.63) is 76.2 Å². The van der Waals surface area contributed by atoms with Crippen molar-refractivity contribution in [1.82, 2.24) is 0 Å². The summed E-state index contributed by atoms with van der Waals surface area (Å²) in [7, 11) is 0. The Hall–Kier alpha value is -3.47. The third kappa shape index (κ3) is 3.26. The van der Waals surface area contributed by atoms with Crippen LogP contribution in [-0.4, -0.2) is 15.3 Å². The molecule has 5 nitrogen and oxygen atoms in total. The topological polar surface area (TPSA) is 90.9 Å². The molecule has 2 unspecified atom stereocenters. The van der Waals surface area contributed by atoms with Crippen LogP contribution in [0.1, 0.15) is 38.2 Å². The van der Waals surface area contributed by atoms with Crippen LogP contribution < -0.4 is 5.43 Å². The van der Waals surface area contributed by atoms with Crippen molar-refractivity contribution in [2.75, 3.05) is 0 Å². The fraction of sp³-hybridized carbons (Fsp3) is 0.240. The molecule has 30 heavy (non-hydrogen) atoms. The van der Waals surface area contributed by atoms with Crippen LogP contribution in [0.2, 0.25) is 0 Å². The van der Waals surface area contributed by atoms with Gasteiger partial charge in [0.2, 0.25) is 5.43 Å². The Balaban J connectivity index is 1.99. The molecular formula is C25H24O5. The summed E-state index contributed by atoms with van der Waals surface area (Å²) in [5.41, 5.74) is 3.29. The van der Waals surface area contributed by atoms with Crippen LogP contribution in [0.4, 0.5) is 0 Å². The van der Waals surface area contributed by atoms with Gasteiger partial charge in [0.25, 0.3) is 0 Å². The normalized spacial score (nSPS) is 18.9. The molecule has 3 aromatic rings. The van der Waals surface area contributed by atoms with Crippen LogP contribution in [0.15, 0.2) is 69.6 Å². The number of rotatable bonds is 3. The van der Waals surface area contributed by atoms with Gasteiger partial charge in [-0.25, -0.2) is 0 Å². The fourth-order valence-electron chi connectivity index (χ4n) is 4.36. The number of hydrogen-bond acceptors (Lipinski definition) is 5. The molecule has 0 spiro atoms. The molecule has 4 rings (SSSR count). The lowest BCUT2D eigenvalue weighted by Crippen LogP contribution is -2.18. The lowest BCUT2D eigenvalue weighted by atomic mass is 9.73. The van der Waals surface area contributed by atoms with Gasteiger partial charge in [-0.2, -0.15) is 0 Å². The monoisotopic (exact) mass is 404 g/mol. The maximum atomic E-state index is 13.3. The lowest BCUT2D eigenvalue weighted by Gasteiger charge is -2.31. The van der Waals surface area contributed by atoms with Gasteiger partial charge in [0.15, 0.2) is 0 Å². The maximum absolute atomic E-state index is 13.3. The minimum atomic E-state index is -0.399. The van der Waals surface area contributed by atoms with Gasteiger partial charge in [-0.15, -0.1) is 0 Å². The predicted octanol–water partition coefficient (Wildman–Crippen LogP) is 5.59. The second-order valence-corrected chi connectivity index (χ2v) is 8.09. The van der Waals surface area contributed by atoms with Gasteiger partial charge < -0.3 is 19.7 Å². The molecule has 0 radical (unpaired) electrons. The Kier molecular flexibility index (Phi) is 4.90. The van der Waals surface area contributed by atoms with Gasteiger partial charge in [-0.3, -0.25) is 4.79 Å². The first kappa shape index (κ1) is 19.8. The average molecular weight is 404 g/mol. The Morgan fingerprint density at radius 2 is 1.83 bits per heavy atom. The van der Waals surface area contributed by atoms with Crippen LogP contribution in [0.25, 0.3) is 22.1 Å². The third-order valence-corrected chi connectivity index (χ3v) is 5.94. The molecule has 0 bridgehead atoms. The first-order valence-corrected chi connectivity index (χ1v) is 9.90. The molecule has 1 aliphatic rings. The Morgan fingerprint density at radius 3 is 2.50 bits per heavy atom. The molecule has 2 aromatic carbocycles. The third-order valence-electron chi connectivity index (χ3n) is 5.94. The molecular weight excluding hydrogens is 380 g/mol. The minimum absolute atomic E-state index is 0.0328. The second-order valence-electron chi connectivity index (χ2n) is 8.09. The summed E-state index contributed by atoms with van der Waals surface area (Å²) in [5, 5.41) is 30.8.